The number of ether oxygens (including phenoxy) is 1. The Balaban J connectivity index is 0. The number of esters is 1. The summed E-state index contributed by atoms with van der Waals surface area (Å²) in [4.78, 5) is 12.8. The minimum atomic E-state index is -0.366. The molecule has 0 amide bonds. The van der Waals surface area contributed by atoms with Crippen molar-refractivity contribution in [2.24, 2.45) is 0 Å². The minimum absolute atomic E-state index is 0.162. The van der Waals surface area contributed by atoms with Crippen LogP contribution in [0.3, 0.4) is 0 Å². The highest BCUT2D eigenvalue weighted by Crippen LogP contribution is 2.00. The van der Waals surface area contributed by atoms with E-state index in [0.29, 0.717) is 0 Å². The van der Waals surface area contributed by atoms with Gasteiger partial charge in [-0.25, -0.2) is 4.79 Å². The highest BCUT2D eigenvalue weighted by molar-refractivity contribution is 6.17. The molecule has 0 N–H and O–H groups in total. The highest BCUT2D eigenvalue weighted by atomic mass is 35.5. The van der Waals surface area contributed by atoms with Crippen LogP contribution in [0.5, 0.6) is 0 Å². The summed E-state index contributed by atoms with van der Waals surface area (Å²) in [5.41, 5.74) is 0. The molecule has 15 heavy (non-hydrogen) atoms. The van der Waals surface area contributed by atoms with E-state index in [1.54, 1.807) is 0 Å². The molecule has 0 fully saturated rings. The van der Waals surface area contributed by atoms with Gasteiger partial charge < -0.3 is 4.74 Å². The number of nitrogens with zero attached hydrogens (tertiary/aromatic N) is 1. The highest BCUT2D eigenvalue weighted by Gasteiger charge is 2.12. The van der Waals surface area contributed by atoms with Gasteiger partial charge in [0, 0.05) is 12.0 Å². The number of carbonyl (C=O) groups excluding carboxylic acids is 1. The lowest BCUT2D eigenvalue weighted by molar-refractivity contribution is -0.150. The molecule has 0 aliphatic heterocycles. The Hall–Kier alpha value is -0.540. The third-order valence-corrected chi connectivity index (χ3v) is 1.78. The molecule has 1 atom stereocenters. The van der Waals surface area contributed by atoms with Crippen LogP contribution in [0, 0.1) is 0 Å². The third-order valence-electron chi connectivity index (χ3n) is 1.78. The lowest BCUT2D eigenvalue weighted by atomic mass is 10.4. The molecule has 1 unspecified atom stereocenters. The summed E-state index contributed by atoms with van der Waals surface area (Å²) < 4.78 is 5.01. The summed E-state index contributed by atoms with van der Waals surface area (Å²) in [6.45, 7) is 12.9. The average molecular weight is 236 g/mol. The molecule has 0 spiro atoms. The van der Waals surface area contributed by atoms with Gasteiger partial charge in [0.05, 0.1) is 0 Å². The molecule has 4 heteroatoms. The second-order valence-corrected chi connectivity index (χ2v) is 3.26. The van der Waals surface area contributed by atoms with Crippen molar-refractivity contribution < 1.29 is 9.53 Å². The first kappa shape index (κ1) is 16.9. The Kier molecular flexibility index (Phi) is 13.0. The molecule has 0 heterocycles. The monoisotopic (exact) mass is 235 g/mol. The molecule has 0 radical (unpaired) electrons. The molecule has 90 valence electrons. The van der Waals surface area contributed by atoms with Crippen molar-refractivity contribution in [3.63, 3.8) is 0 Å². The van der Waals surface area contributed by atoms with Crippen LogP contribution in [0.2, 0.25) is 0 Å². The van der Waals surface area contributed by atoms with Gasteiger partial charge in [-0.15, -0.1) is 11.6 Å². The fourth-order valence-electron chi connectivity index (χ4n) is 1.03. The normalized spacial score (nSPS) is 11.3. The summed E-state index contributed by atoms with van der Waals surface area (Å²) in [6, 6.07) is 0. The van der Waals surface area contributed by atoms with E-state index < -0.39 is 0 Å². The number of carbonyl (C=O) groups is 1. The fourth-order valence-corrected chi connectivity index (χ4v) is 1.03. The zero-order chi connectivity index (χ0) is 12.3. The first-order chi connectivity index (χ1) is 7.06. The maximum absolute atomic E-state index is 10.8. The summed E-state index contributed by atoms with van der Waals surface area (Å²) in [6.07, 6.45) is 1.02. The van der Waals surface area contributed by atoms with Crippen molar-refractivity contribution in [3.8, 4) is 0 Å². The van der Waals surface area contributed by atoms with E-state index in [-0.39, 0.29) is 12.2 Å². The van der Waals surface area contributed by atoms with Crippen LogP contribution in [-0.2, 0) is 9.53 Å². The molecule has 0 saturated carbocycles. The molecular formula is C11H22ClNO2. The molecule has 3 nitrogen and oxygen atoms in total. The predicted octanol–water partition coefficient (Wildman–Crippen LogP) is 2.65. The Bertz CT molecular complexity index is 170. The van der Waals surface area contributed by atoms with Crippen molar-refractivity contribution in [2.45, 2.75) is 33.9 Å². The van der Waals surface area contributed by atoms with Gasteiger partial charge in [-0.05, 0) is 20.0 Å². The summed E-state index contributed by atoms with van der Waals surface area (Å²) >= 11 is 5.00. The number of hydrogen-bond acceptors (Lipinski definition) is 3. The SMILES string of the molecule is C=CC(=O)OC(C)N(CC)CC.CCCl. The van der Waals surface area contributed by atoms with Crippen LogP contribution >= 0.6 is 11.6 Å². The molecule has 0 aliphatic rings. The summed E-state index contributed by atoms with van der Waals surface area (Å²) in [5.74, 6) is 0.356. The van der Waals surface area contributed by atoms with Crippen molar-refractivity contribution in [2.75, 3.05) is 19.0 Å². The molecule has 0 aromatic carbocycles. The second-order valence-electron chi connectivity index (χ2n) is 2.73. The first-order valence-electron chi connectivity index (χ1n) is 5.20. The van der Waals surface area contributed by atoms with Crippen LogP contribution in [0.15, 0.2) is 12.7 Å². The van der Waals surface area contributed by atoms with Crippen LogP contribution in [0.1, 0.15) is 27.7 Å². The van der Waals surface area contributed by atoms with Gasteiger partial charge in [-0.1, -0.05) is 27.4 Å². The molecule has 0 bridgehead atoms. The fraction of sp³-hybridized carbons (Fsp3) is 0.727. The molecule has 0 aromatic heterocycles. The van der Waals surface area contributed by atoms with E-state index in [1.165, 1.54) is 6.08 Å². The summed E-state index contributed by atoms with van der Waals surface area (Å²) in [7, 11) is 0. The Morgan fingerprint density at radius 2 is 1.87 bits per heavy atom. The van der Waals surface area contributed by atoms with E-state index in [0.717, 1.165) is 19.0 Å². The van der Waals surface area contributed by atoms with E-state index in [9.17, 15) is 4.79 Å². The van der Waals surface area contributed by atoms with E-state index in [2.05, 4.69) is 6.58 Å². The quantitative estimate of drug-likeness (QED) is 0.318. The second kappa shape index (κ2) is 11.5. The smallest absolute Gasteiger partial charge is 0.331 e. The Morgan fingerprint density at radius 1 is 1.47 bits per heavy atom. The van der Waals surface area contributed by atoms with E-state index in [4.69, 9.17) is 16.3 Å². The first-order valence-corrected chi connectivity index (χ1v) is 5.73. The number of halogens is 1. The van der Waals surface area contributed by atoms with Crippen LogP contribution in [-0.4, -0.2) is 36.1 Å². The Morgan fingerprint density at radius 3 is 2.13 bits per heavy atom. The molecule has 0 rings (SSSR count). The van der Waals surface area contributed by atoms with Crippen LogP contribution < -0.4 is 0 Å². The standard InChI is InChI=1S/C9H17NO2.C2H5Cl/c1-5-9(11)12-8(4)10(6-2)7-3;1-2-3/h5,8H,1,6-7H2,2-4H3;2H2,1H3. The lowest BCUT2D eigenvalue weighted by Crippen LogP contribution is -2.35. The zero-order valence-electron chi connectivity index (χ0n) is 10.1. The number of hydrogen-bond donors (Lipinski definition) is 0. The predicted molar refractivity (Wildman–Crippen MR) is 65.1 cm³/mol. The van der Waals surface area contributed by atoms with Gasteiger partial charge in [0.1, 0.15) is 0 Å². The van der Waals surface area contributed by atoms with E-state index >= 15 is 0 Å². The van der Waals surface area contributed by atoms with E-state index in [1.807, 2.05) is 32.6 Å². The average Bonchev–Trinajstić information content (AvgIpc) is 2.20. The van der Waals surface area contributed by atoms with Gasteiger partial charge in [-0.2, -0.15) is 0 Å². The maximum Gasteiger partial charge on any atom is 0.331 e. The van der Waals surface area contributed by atoms with Gasteiger partial charge >= 0.3 is 5.97 Å². The molecular weight excluding hydrogens is 214 g/mol. The van der Waals surface area contributed by atoms with Gasteiger partial charge in [-0.3, -0.25) is 4.90 Å². The van der Waals surface area contributed by atoms with Crippen molar-refractivity contribution in [1.82, 2.24) is 4.90 Å². The van der Waals surface area contributed by atoms with Crippen LogP contribution in [0.25, 0.3) is 0 Å². The number of rotatable bonds is 5. The van der Waals surface area contributed by atoms with Gasteiger partial charge in [0.25, 0.3) is 0 Å². The zero-order valence-corrected chi connectivity index (χ0v) is 10.9. The third kappa shape index (κ3) is 9.76. The Labute approximate surface area is 98.0 Å². The maximum atomic E-state index is 10.8. The lowest BCUT2D eigenvalue weighted by Gasteiger charge is -2.25. The topological polar surface area (TPSA) is 29.5 Å². The minimum Gasteiger partial charge on any atom is -0.443 e. The van der Waals surface area contributed by atoms with Crippen LogP contribution in [0.4, 0.5) is 0 Å². The molecule has 0 aromatic rings. The van der Waals surface area contributed by atoms with Crippen molar-refractivity contribution >= 4 is 17.6 Å². The van der Waals surface area contributed by atoms with Gasteiger partial charge in [0.2, 0.25) is 0 Å². The largest absolute Gasteiger partial charge is 0.443 e. The molecule has 0 saturated heterocycles. The summed E-state index contributed by atoms with van der Waals surface area (Å²) in [5, 5.41) is 0. The van der Waals surface area contributed by atoms with Crippen molar-refractivity contribution in [3.05, 3.63) is 12.7 Å². The van der Waals surface area contributed by atoms with Crippen molar-refractivity contribution in [1.29, 1.82) is 0 Å². The van der Waals surface area contributed by atoms with Gasteiger partial charge in [0.15, 0.2) is 6.23 Å². The molecule has 0 aliphatic carbocycles. The number of alkyl halides is 1.